The molecule has 2 heterocycles. The zero-order chi connectivity index (χ0) is 15.0. The molecule has 1 fully saturated rings. The van der Waals surface area contributed by atoms with Gasteiger partial charge in [-0.05, 0) is 37.5 Å². The number of aromatic nitrogens is 1. The number of hydrogen-bond acceptors (Lipinski definition) is 4. The summed E-state index contributed by atoms with van der Waals surface area (Å²) >= 11 is 3.47. The summed E-state index contributed by atoms with van der Waals surface area (Å²) in [7, 11) is -3.31. The average molecular weight is 369 g/mol. The molecule has 0 bridgehead atoms. The van der Waals surface area contributed by atoms with Crippen molar-refractivity contribution in [3.63, 3.8) is 0 Å². The van der Waals surface area contributed by atoms with Gasteiger partial charge in [0.1, 0.15) is 4.90 Å². The first-order valence-electron chi connectivity index (χ1n) is 7.00. The van der Waals surface area contributed by atoms with Gasteiger partial charge in [0.25, 0.3) is 0 Å². The van der Waals surface area contributed by atoms with Gasteiger partial charge in [-0.2, -0.15) is 0 Å². The third-order valence-electron chi connectivity index (χ3n) is 3.84. The molecule has 0 N–H and O–H groups in total. The molecule has 0 radical (unpaired) electrons. The third kappa shape index (κ3) is 2.92. The molecule has 2 aromatic rings. The molecule has 0 aliphatic carbocycles. The lowest BCUT2D eigenvalue weighted by Gasteiger charge is -2.31. The van der Waals surface area contributed by atoms with Crippen molar-refractivity contribution in [1.29, 1.82) is 0 Å². The number of benzene rings is 1. The Balaban J connectivity index is 2.31. The Morgan fingerprint density at radius 3 is 2.57 bits per heavy atom. The zero-order valence-corrected chi connectivity index (χ0v) is 14.2. The highest BCUT2D eigenvalue weighted by Gasteiger charge is 2.23. The molecule has 112 valence electrons. The Bertz CT molecular complexity index is 784. The van der Waals surface area contributed by atoms with Crippen molar-refractivity contribution >= 4 is 42.4 Å². The summed E-state index contributed by atoms with van der Waals surface area (Å²) in [6, 6.07) is 5.80. The summed E-state index contributed by atoms with van der Waals surface area (Å²) in [6.07, 6.45) is 6.15. The maximum atomic E-state index is 12.1. The first-order chi connectivity index (χ1) is 9.97. The van der Waals surface area contributed by atoms with Crippen LogP contribution >= 0.6 is 15.9 Å². The molecule has 0 atom stereocenters. The predicted molar refractivity (Wildman–Crippen MR) is 88.6 cm³/mol. The molecule has 4 nitrogen and oxygen atoms in total. The van der Waals surface area contributed by atoms with Crippen LogP contribution in [0, 0.1) is 0 Å². The molecule has 1 aromatic heterocycles. The topological polar surface area (TPSA) is 50.3 Å². The van der Waals surface area contributed by atoms with E-state index in [0.717, 1.165) is 47.0 Å². The molecule has 1 saturated heterocycles. The number of fused-ring (bicyclic) bond motifs is 1. The Morgan fingerprint density at radius 1 is 1.19 bits per heavy atom. The number of anilines is 1. The number of piperidine rings is 1. The van der Waals surface area contributed by atoms with Crippen LogP contribution in [0.4, 0.5) is 5.69 Å². The van der Waals surface area contributed by atoms with Gasteiger partial charge in [0.05, 0.1) is 11.2 Å². The smallest absolute Gasteiger partial charge is 0.179 e. The van der Waals surface area contributed by atoms with Crippen LogP contribution in [0.15, 0.2) is 33.8 Å². The number of sulfone groups is 1. The monoisotopic (exact) mass is 368 g/mol. The van der Waals surface area contributed by atoms with E-state index in [1.54, 1.807) is 0 Å². The first-order valence-corrected chi connectivity index (χ1v) is 9.68. The second-order valence-electron chi connectivity index (χ2n) is 5.45. The fraction of sp³-hybridized carbons (Fsp3) is 0.400. The van der Waals surface area contributed by atoms with Crippen LogP contribution in [0.3, 0.4) is 0 Å². The highest BCUT2D eigenvalue weighted by Crippen LogP contribution is 2.35. The second-order valence-corrected chi connectivity index (χ2v) is 8.35. The van der Waals surface area contributed by atoms with Gasteiger partial charge in [-0.25, -0.2) is 8.42 Å². The summed E-state index contributed by atoms with van der Waals surface area (Å²) in [4.78, 5) is 6.84. The van der Waals surface area contributed by atoms with Gasteiger partial charge in [0.2, 0.25) is 0 Å². The van der Waals surface area contributed by atoms with Gasteiger partial charge in [-0.3, -0.25) is 4.98 Å². The molecular formula is C15H17BrN2O2S. The van der Waals surface area contributed by atoms with Crippen molar-refractivity contribution in [3.8, 4) is 0 Å². The average Bonchev–Trinajstić information content (AvgIpc) is 2.46. The number of nitrogens with zero attached hydrogens (tertiary/aromatic N) is 2. The molecule has 3 rings (SSSR count). The van der Waals surface area contributed by atoms with Crippen molar-refractivity contribution in [3.05, 3.63) is 28.9 Å². The van der Waals surface area contributed by atoms with Crippen molar-refractivity contribution in [2.24, 2.45) is 0 Å². The van der Waals surface area contributed by atoms with Gasteiger partial charge >= 0.3 is 0 Å². The van der Waals surface area contributed by atoms with Crippen LogP contribution in [0.1, 0.15) is 19.3 Å². The van der Waals surface area contributed by atoms with Crippen molar-refractivity contribution in [2.45, 2.75) is 24.2 Å². The molecule has 0 amide bonds. The molecule has 21 heavy (non-hydrogen) atoms. The highest BCUT2D eigenvalue weighted by molar-refractivity contribution is 9.10. The van der Waals surface area contributed by atoms with E-state index in [2.05, 4.69) is 25.8 Å². The fourth-order valence-electron chi connectivity index (χ4n) is 2.85. The molecule has 0 spiro atoms. The maximum absolute atomic E-state index is 12.1. The largest absolute Gasteiger partial charge is 0.370 e. The van der Waals surface area contributed by atoms with Crippen LogP contribution in [-0.4, -0.2) is 32.7 Å². The zero-order valence-electron chi connectivity index (χ0n) is 11.8. The Morgan fingerprint density at radius 2 is 1.90 bits per heavy atom. The van der Waals surface area contributed by atoms with Gasteiger partial charge in [0.15, 0.2) is 9.84 Å². The van der Waals surface area contributed by atoms with E-state index in [1.807, 2.05) is 18.2 Å². The minimum atomic E-state index is -3.31. The summed E-state index contributed by atoms with van der Waals surface area (Å²) in [5.41, 5.74) is 1.63. The fourth-order valence-corrected chi connectivity index (χ4v) is 4.04. The molecule has 6 heteroatoms. The Kier molecular flexibility index (Phi) is 3.92. The number of hydrogen-bond donors (Lipinski definition) is 0. The molecular weight excluding hydrogens is 352 g/mol. The molecule has 1 aliphatic rings. The van der Waals surface area contributed by atoms with Crippen LogP contribution in [-0.2, 0) is 9.84 Å². The Hall–Kier alpha value is -1.14. The van der Waals surface area contributed by atoms with Crippen molar-refractivity contribution in [2.75, 3.05) is 24.2 Å². The van der Waals surface area contributed by atoms with E-state index in [0.29, 0.717) is 4.90 Å². The minimum absolute atomic E-state index is 0.329. The van der Waals surface area contributed by atoms with Gasteiger partial charge in [-0.15, -0.1) is 0 Å². The van der Waals surface area contributed by atoms with Crippen LogP contribution in [0.5, 0.6) is 0 Å². The standard InChI is InChI=1S/C15H17BrN2O2S/c1-21(19,20)14-10-17-13-6-5-11(16)9-12(13)15(14)18-7-3-2-4-8-18/h5-6,9-10H,2-4,7-8H2,1H3. The first kappa shape index (κ1) is 14.8. The normalized spacial score (nSPS) is 16.4. The summed E-state index contributed by atoms with van der Waals surface area (Å²) in [5.74, 6) is 0. The number of rotatable bonds is 2. The van der Waals surface area contributed by atoms with Gasteiger partial charge in [-0.1, -0.05) is 15.9 Å². The number of pyridine rings is 1. The van der Waals surface area contributed by atoms with E-state index >= 15 is 0 Å². The van der Waals surface area contributed by atoms with Crippen LogP contribution in [0.25, 0.3) is 10.9 Å². The summed E-state index contributed by atoms with van der Waals surface area (Å²) in [5, 5.41) is 0.897. The number of halogens is 1. The second kappa shape index (κ2) is 5.57. The predicted octanol–water partition coefficient (Wildman–Crippen LogP) is 3.39. The molecule has 1 aromatic carbocycles. The lowest BCUT2D eigenvalue weighted by molar-refractivity contribution is 0.572. The van der Waals surface area contributed by atoms with E-state index in [9.17, 15) is 8.42 Å². The summed E-state index contributed by atoms with van der Waals surface area (Å²) < 4.78 is 25.2. The van der Waals surface area contributed by atoms with Crippen molar-refractivity contribution in [1.82, 2.24) is 4.98 Å². The Labute approximate surface area is 133 Å². The van der Waals surface area contributed by atoms with Gasteiger partial charge < -0.3 is 4.90 Å². The van der Waals surface area contributed by atoms with Crippen LogP contribution in [0.2, 0.25) is 0 Å². The lowest BCUT2D eigenvalue weighted by Crippen LogP contribution is -2.31. The quantitative estimate of drug-likeness (QED) is 0.814. The molecule has 0 unspecified atom stereocenters. The van der Waals surface area contributed by atoms with Gasteiger partial charge in [0, 0.05) is 35.4 Å². The van der Waals surface area contributed by atoms with E-state index in [1.165, 1.54) is 18.9 Å². The third-order valence-corrected chi connectivity index (χ3v) is 5.43. The highest BCUT2D eigenvalue weighted by atomic mass is 79.9. The van der Waals surface area contributed by atoms with E-state index in [4.69, 9.17) is 0 Å². The van der Waals surface area contributed by atoms with E-state index in [-0.39, 0.29) is 0 Å². The summed E-state index contributed by atoms with van der Waals surface area (Å²) in [6.45, 7) is 1.79. The van der Waals surface area contributed by atoms with Crippen molar-refractivity contribution < 1.29 is 8.42 Å². The molecule has 0 saturated carbocycles. The van der Waals surface area contributed by atoms with E-state index < -0.39 is 9.84 Å². The maximum Gasteiger partial charge on any atom is 0.179 e. The van der Waals surface area contributed by atoms with Crippen LogP contribution < -0.4 is 4.90 Å². The lowest BCUT2D eigenvalue weighted by atomic mass is 10.1. The SMILES string of the molecule is CS(=O)(=O)c1cnc2ccc(Br)cc2c1N1CCCCC1. The molecule has 1 aliphatic heterocycles. The minimum Gasteiger partial charge on any atom is -0.370 e.